The van der Waals surface area contributed by atoms with Gasteiger partial charge in [0.2, 0.25) is 0 Å². The number of benzene rings is 10. The minimum atomic E-state index is 0.898. The molecule has 0 saturated heterocycles. The first-order chi connectivity index (χ1) is 27.7. The number of hydrogen-bond donors (Lipinski definition) is 0. The number of anilines is 6. The summed E-state index contributed by atoms with van der Waals surface area (Å²) in [6.45, 7) is 2.24. The molecule has 264 valence electrons. The number of para-hydroxylation sites is 3. The van der Waals surface area contributed by atoms with E-state index in [9.17, 15) is 0 Å². The summed E-state index contributed by atoms with van der Waals surface area (Å²) < 4.78 is 6.78. The minimum Gasteiger partial charge on any atom is -0.455 e. The largest absolute Gasteiger partial charge is 0.455 e. The van der Waals surface area contributed by atoms with Crippen LogP contribution in [0.15, 0.2) is 205 Å². The van der Waals surface area contributed by atoms with Gasteiger partial charge in [-0.2, -0.15) is 0 Å². The zero-order chi connectivity index (χ0) is 37.2. The lowest BCUT2D eigenvalue weighted by molar-refractivity contribution is 0.673. The molecule has 0 unspecified atom stereocenters. The number of hydrogen-bond acceptors (Lipinski definition) is 3. The van der Waals surface area contributed by atoms with Gasteiger partial charge in [0.1, 0.15) is 11.2 Å². The van der Waals surface area contributed by atoms with Crippen molar-refractivity contribution >= 4 is 99.2 Å². The van der Waals surface area contributed by atoms with E-state index in [1.165, 1.54) is 43.3 Å². The molecule has 1 aromatic heterocycles. The van der Waals surface area contributed by atoms with E-state index in [2.05, 4.69) is 217 Å². The van der Waals surface area contributed by atoms with Crippen molar-refractivity contribution < 1.29 is 4.42 Å². The number of fused-ring (bicyclic) bond motifs is 10. The van der Waals surface area contributed by atoms with Crippen LogP contribution in [0.1, 0.15) is 5.56 Å². The molecule has 56 heavy (non-hydrogen) atoms. The van der Waals surface area contributed by atoms with Crippen molar-refractivity contribution in [2.75, 3.05) is 9.80 Å². The lowest BCUT2D eigenvalue weighted by atomic mass is 9.93. The molecule has 0 aliphatic rings. The molecule has 10 aromatic carbocycles. The SMILES string of the molecule is Cc1c2ccccc2c(N(c2ccc(N(c3ccccc3)c3ccccc3)cc2)c2ccc3c4ccccc4c4c5ccccc5oc4c3c2)c2ccccc12. The van der Waals surface area contributed by atoms with E-state index in [4.69, 9.17) is 4.42 Å². The molecule has 0 aliphatic heterocycles. The molecule has 0 spiro atoms. The van der Waals surface area contributed by atoms with Crippen molar-refractivity contribution in [2.45, 2.75) is 6.92 Å². The molecule has 0 radical (unpaired) electrons. The zero-order valence-corrected chi connectivity index (χ0v) is 30.9. The Labute approximate surface area is 324 Å². The molecule has 0 fully saturated rings. The fraction of sp³-hybridized carbons (Fsp3) is 0.0189. The first kappa shape index (κ1) is 32.1. The summed E-state index contributed by atoms with van der Waals surface area (Å²) in [5.74, 6) is 0. The van der Waals surface area contributed by atoms with E-state index in [1.807, 2.05) is 0 Å². The van der Waals surface area contributed by atoms with E-state index in [1.54, 1.807) is 0 Å². The number of rotatable bonds is 6. The van der Waals surface area contributed by atoms with Crippen LogP contribution in [0.4, 0.5) is 34.1 Å². The third kappa shape index (κ3) is 4.98. The Hall–Kier alpha value is -7.36. The van der Waals surface area contributed by atoms with Crippen molar-refractivity contribution in [3.63, 3.8) is 0 Å². The molecular weight excluding hydrogens is 681 g/mol. The third-order valence-electron chi connectivity index (χ3n) is 11.4. The molecule has 0 saturated carbocycles. The molecule has 0 amide bonds. The van der Waals surface area contributed by atoms with Gasteiger partial charge in [0, 0.05) is 55.4 Å². The van der Waals surface area contributed by atoms with Crippen LogP contribution in [0.5, 0.6) is 0 Å². The molecule has 0 atom stereocenters. The van der Waals surface area contributed by atoms with Crippen molar-refractivity contribution in [3.8, 4) is 0 Å². The number of furan rings is 1. The molecule has 0 aliphatic carbocycles. The van der Waals surface area contributed by atoms with Gasteiger partial charge in [-0.1, -0.05) is 133 Å². The molecule has 0 bridgehead atoms. The predicted molar refractivity (Wildman–Crippen MR) is 238 cm³/mol. The maximum Gasteiger partial charge on any atom is 0.143 e. The lowest BCUT2D eigenvalue weighted by Gasteiger charge is -2.30. The zero-order valence-electron chi connectivity index (χ0n) is 30.9. The Bertz CT molecular complexity index is 3160. The molecule has 3 nitrogen and oxygen atoms in total. The first-order valence-corrected chi connectivity index (χ1v) is 19.2. The average Bonchev–Trinajstić information content (AvgIpc) is 3.67. The third-order valence-corrected chi connectivity index (χ3v) is 11.4. The topological polar surface area (TPSA) is 19.6 Å². The van der Waals surface area contributed by atoms with Crippen LogP contribution in [-0.2, 0) is 0 Å². The predicted octanol–water partition coefficient (Wildman–Crippen LogP) is 15.4. The molecule has 0 N–H and O–H groups in total. The Balaban J connectivity index is 1.20. The normalized spacial score (nSPS) is 11.7. The summed E-state index contributed by atoms with van der Waals surface area (Å²) in [5, 5.41) is 11.9. The highest BCUT2D eigenvalue weighted by atomic mass is 16.3. The van der Waals surface area contributed by atoms with Crippen molar-refractivity contribution in [2.24, 2.45) is 0 Å². The summed E-state index contributed by atoms with van der Waals surface area (Å²) in [7, 11) is 0. The summed E-state index contributed by atoms with van der Waals surface area (Å²) in [5.41, 5.74) is 9.67. The lowest BCUT2D eigenvalue weighted by Crippen LogP contribution is -2.13. The standard InChI is InChI=1S/C53H36N2O/c1-35-41-20-8-12-24-46(41)52(47-25-13-9-21-42(35)47)55(39-30-28-38(29-31-39)54(36-16-4-2-5-17-36)37-18-6-3-7-19-37)40-32-33-44-43-22-10-11-23-45(43)51-48-26-14-15-27-50(48)56-53(51)49(44)34-40/h2-34H,1H3. The fourth-order valence-corrected chi connectivity index (χ4v) is 8.86. The van der Waals surface area contributed by atoms with E-state index in [0.717, 1.165) is 61.4 Å². The second kappa shape index (κ2) is 12.9. The van der Waals surface area contributed by atoms with Gasteiger partial charge >= 0.3 is 0 Å². The summed E-state index contributed by atoms with van der Waals surface area (Å²) >= 11 is 0. The van der Waals surface area contributed by atoms with Gasteiger partial charge in [-0.05, 0) is 106 Å². The van der Waals surface area contributed by atoms with Crippen molar-refractivity contribution in [1.82, 2.24) is 0 Å². The second-order valence-corrected chi connectivity index (χ2v) is 14.5. The highest BCUT2D eigenvalue weighted by Gasteiger charge is 2.23. The van der Waals surface area contributed by atoms with Gasteiger partial charge in [0.05, 0.1) is 5.69 Å². The highest BCUT2D eigenvalue weighted by Crippen LogP contribution is 2.48. The molecule has 11 rings (SSSR count). The van der Waals surface area contributed by atoms with Crippen LogP contribution in [-0.4, -0.2) is 0 Å². The van der Waals surface area contributed by atoms with Gasteiger partial charge in [0.15, 0.2) is 0 Å². The minimum absolute atomic E-state index is 0.898. The van der Waals surface area contributed by atoms with Crippen LogP contribution in [0.2, 0.25) is 0 Å². The quantitative estimate of drug-likeness (QED) is 0.126. The molecular formula is C53H36N2O. The van der Waals surface area contributed by atoms with E-state index < -0.39 is 0 Å². The summed E-state index contributed by atoms with van der Waals surface area (Å²) in [4.78, 5) is 4.76. The number of nitrogens with zero attached hydrogens (tertiary/aromatic N) is 2. The average molecular weight is 717 g/mol. The summed E-state index contributed by atoms with van der Waals surface area (Å²) in [6.07, 6.45) is 0. The monoisotopic (exact) mass is 716 g/mol. The van der Waals surface area contributed by atoms with Gasteiger partial charge in [-0.15, -0.1) is 0 Å². The van der Waals surface area contributed by atoms with Gasteiger partial charge in [-0.25, -0.2) is 0 Å². The molecule has 11 aromatic rings. The first-order valence-electron chi connectivity index (χ1n) is 19.2. The maximum atomic E-state index is 6.78. The second-order valence-electron chi connectivity index (χ2n) is 14.5. The Morgan fingerprint density at radius 3 is 1.36 bits per heavy atom. The Morgan fingerprint density at radius 2 is 0.750 bits per heavy atom. The van der Waals surface area contributed by atoms with E-state index in [0.29, 0.717) is 0 Å². The van der Waals surface area contributed by atoms with Crippen LogP contribution < -0.4 is 9.80 Å². The smallest absolute Gasteiger partial charge is 0.143 e. The molecule has 1 heterocycles. The fourth-order valence-electron chi connectivity index (χ4n) is 8.86. The Morgan fingerprint density at radius 1 is 0.321 bits per heavy atom. The maximum absolute atomic E-state index is 6.78. The van der Waals surface area contributed by atoms with Crippen LogP contribution in [0.3, 0.4) is 0 Å². The van der Waals surface area contributed by atoms with Crippen LogP contribution in [0.25, 0.3) is 65.0 Å². The van der Waals surface area contributed by atoms with Crippen LogP contribution >= 0.6 is 0 Å². The number of aryl methyl sites for hydroxylation is 1. The van der Waals surface area contributed by atoms with Crippen molar-refractivity contribution in [3.05, 3.63) is 206 Å². The van der Waals surface area contributed by atoms with Gasteiger partial charge < -0.3 is 14.2 Å². The Kier molecular flexibility index (Phi) is 7.39. The van der Waals surface area contributed by atoms with Gasteiger partial charge in [-0.3, -0.25) is 0 Å². The highest BCUT2D eigenvalue weighted by molar-refractivity contribution is 6.30. The van der Waals surface area contributed by atoms with Crippen LogP contribution in [0, 0.1) is 6.92 Å². The summed E-state index contributed by atoms with van der Waals surface area (Å²) in [6, 6.07) is 71.8. The molecule has 3 heteroatoms. The van der Waals surface area contributed by atoms with Gasteiger partial charge in [0.25, 0.3) is 0 Å². The van der Waals surface area contributed by atoms with Crippen molar-refractivity contribution in [1.29, 1.82) is 0 Å². The van der Waals surface area contributed by atoms with E-state index >= 15 is 0 Å². The van der Waals surface area contributed by atoms with E-state index in [-0.39, 0.29) is 0 Å².